The highest BCUT2D eigenvalue weighted by molar-refractivity contribution is 7.99. The lowest BCUT2D eigenvalue weighted by molar-refractivity contribution is -0.107. The van der Waals surface area contributed by atoms with Gasteiger partial charge in [0.25, 0.3) is 0 Å². The number of thioether (sulfide) groups is 1. The van der Waals surface area contributed by atoms with Gasteiger partial charge in [0, 0.05) is 48.3 Å². The molecule has 1 aromatic carbocycles. The molecule has 0 radical (unpaired) electrons. The van der Waals surface area contributed by atoms with E-state index in [9.17, 15) is 4.79 Å². The highest BCUT2D eigenvalue weighted by atomic mass is 32.2. The Hall–Kier alpha value is -1.42. The molecule has 0 fully saturated rings. The van der Waals surface area contributed by atoms with E-state index in [2.05, 4.69) is 28.1 Å². The number of fused-ring (bicyclic) bond motifs is 1. The van der Waals surface area contributed by atoms with E-state index in [0.717, 1.165) is 17.6 Å². The smallest absolute Gasteiger partial charge is 0.120 e. The third-order valence-electron chi connectivity index (χ3n) is 2.61. The van der Waals surface area contributed by atoms with E-state index in [0.29, 0.717) is 6.42 Å². The second kappa shape index (κ2) is 5.27. The number of aromatic amines is 1. The molecule has 0 saturated heterocycles. The Labute approximate surface area is 105 Å². The summed E-state index contributed by atoms with van der Waals surface area (Å²) in [5, 5.41) is 1.22. The number of H-pyrrole nitrogens is 1. The second-order valence-corrected chi connectivity index (χ2v) is 5.22. The van der Waals surface area contributed by atoms with Gasteiger partial charge in [0.2, 0.25) is 0 Å². The van der Waals surface area contributed by atoms with Gasteiger partial charge in [-0.1, -0.05) is 0 Å². The van der Waals surface area contributed by atoms with E-state index in [1.54, 1.807) is 11.8 Å². The van der Waals surface area contributed by atoms with Gasteiger partial charge in [-0.2, -0.15) is 0 Å². The second-order valence-electron chi connectivity index (χ2n) is 4.08. The summed E-state index contributed by atoms with van der Waals surface area (Å²) < 4.78 is 0. The lowest BCUT2D eigenvalue weighted by Crippen LogP contribution is -2.09. The highest BCUT2D eigenvalue weighted by Gasteiger charge is 2.08. The molecule has 0 atom stereocenters. The van der Waals surface area contributed by atoms with Crippen LogP contribution in [0.3, 0.4) is 0 Å². The molecule has 0 saturated carbocycles. The van der Waals surface area contributed by atoms with Gasteiger partial charge in [-0.25, -0.2) is 0 Å². The van der Waals surface area contributed by atoms with Gasteiger partial charge in [0.05, 0.1) is 5.69 Å². The molecular formula is C13H16N2OS. The fraction of sp³-hybridized carbons (Fsp3) is 0.308. The van der Waals surface area contributed by atoms with Crippen LogP contribution >= 0.6 is 11.8 Å². The SMILES string of the molecule is CN(C)c1cc2cc[nH]c2cc1SCCC=O. The van der Waals surface area contributed by atoms with Gasteiger partial charge in [-0.15, -0.1) is 11.8 Å². The lowest BCUT2D eigenvalue weighted by atomic mass is 10.2. The van der Waals surface area contributed by atoms with Crippen molar-refractivity contribution in [3.63, 3.8) is 0 Å². The molecule has 0 aliphatic heterocycles. The number of carbonyl (C=O) groups excluding carboxylic acids is 1. The zero-order valence-corrected chi connectivity index (χ0v) is 10.9. The third kappa shape index (κ3) is 2.64. The molecule has 0 bridgehead atoms. The summed E-state index contributed by atoms with van der Waals surface area (Å²) in [6.45, 7) is 0. The van der Waals surface area contributed by atoms with Crippen LogP contribution in [0.2, 0.25) is 0 Å². The Bertz CT molecular complexity index is 519. The average molecular weight is 248 g/mol. The first kappa shape index (κ1) is 12.0. The number of hydrogen-bond acceptors (Lipinski definition) is 3. The summed E-state index contributed by atoms with van der Waals surface area (Å²) in [5.74, 6) is 0.830. The Morgan fingerprint density at radius 3 is 2.94 bits per heavy atom. The van der Waals surface area contributed by atoms with Crippen molar-refractivity contribution in [2.45, 2.75) is 11.3 Å². The molecule has 3 nitrogen and oxygen atoms in total. The molecule has 0 aliphatic rings. The Kier molecular flexibility index (Phi) is 3.74. The number of anilines is 1. The number of carbonyl (C=O) groups is 1. The molecule has 1 aromatic heterocycles. The summed E-state index contributed by atoms with van der Waals surface area (Å²) in [6, 6.07) is 6.40. The Morgan fingerprint density at radius 1 is 1.41 bits per heavy atom. The fourth-order valence-corrected chi connectivity index (χ4v) is 2.78. The number of benzene rings is 1. The molecule has 1 heterocycles. The first-order valence-electron chi connectivity index (χ1n) is 5.57. The molecule has 2 rings (SSSR count). The van der Waals surface area contributed by atoms with Crippen molar-refractivity contribution in [1.29, 1.82) is 0 Å². The minimum Gasteiger partial charge on any atom is -0.377 e. The summed E-state index contributed by atoms with van der Waals surface area (Å²) in [4.78, 5) is 16.9. The third-order valence-corrected chi connectivity index (χ3v) is 3.69. The van der Waals surface area contributed by atoms with Crippen LogP contribution in [0, 0.1) is 0 Å². The zero-order chi connectivity index (χ0) is 12.3. The number of nitrogens with zero attached hydrogens (tertiary/aromatic N) is 1. The van der Waals surface area contributed by atoms with E-state index in [-0.39, 0.29) is 0 Å². The lowest BCUT2D eigenvalue weighted by Gasteiger charge is -2.17. The molecule has 0 aliphatic carbocycles. The van der Waals surface area contributed by atoms with Crippen LogP contribution in [-0.2, 0) is 4.79 Å². The van der Waals surface area contributed by atoms with Crippen molar-refractivity contribution in [3.8, 4) is 0 Å². The van der Waals surface area contributed by atoms with Crippen LogP contribution in [0.1, 0.15) is 6.42 Å². The van der Waals surface area contributed by atoms with Crippen molar-refractivity contribution < 1.29 is 4.79 Å². The summed E-state index contributed by atoms with van der Waals surface area (Å²) >= 11 is 1.73. The maximum atomic E-state index is 10.4. The van der Waals surface area contributed by atoms with E-state index in [1.807, 2.05) is 20.3 Å². The van der Waals surface area contributed by atoms with Crippen LogP contribution in [-0.4, -0.2) is 31.1 Å². The molecule has 1 N–H and O–H groups in total. The average Bonchev–Trinajstić information content (AvgIpc) is 2.75. The number of aromatic nitrogens is 1. The van der Waals surface area contributed by atoms with Gasteiger partial charge in [0.15, 0.2) is 0 Å². The van der Waals surface area contributed by atoms with E-state index < -0.39 is 0 Å². The number of aldehydes is 1. The van der Waals surface area contributed by atoms with E-state index in [4.69, 9.17) is 0 Å². The van der Waals surface area contributed by atoms with Crippen LogP contribution in [0.5, 0.6) is 0 Å². The molecule has 4 heteroatoms. The molecule has 0 amide bonds. The highest BCUT2D eigenvalue weighted by Crippen LogP contribution is 2.33. The molecule has 0 unspecified atom stereocenters. The minimum atomic E-state index is 0.598. The fourth-order valence-electron chi connectivity index (χ4n) is 1.75. The van der Waals surface area contributed by atoms with Gasteiger partial charge >= 0.3 is 0 Å². The first-order valence-corrected chi connectivity index (χ1v) is 6.56. The standard InChI is InChI=1S/C13H16N2OS/c1-15(2)12-8-10-4-5-14-11(10)9-13(12)17-7-3-6-16/h4-6,8-9,14H,3,7H2,1-2H3. The van der Waals surface area contributed by atoms with Crippen molar-refractivity contribution >= 4 is 34.6 Å². The quantitative estimate of drug-likeness (QED) is 0.502. The topological polar surface area (TPSA) is 36.1 Å². The normalized spacial score (nSPS) is 10.7. The van der Waals surface area contributed by atoms with Crippen molar-refractivity contribution in [3.05, 3.63) is 24.4 Å². The largest absolute Gasteiger partial charge is 0.377 e. The number of hydrogen-bond donors (Lipinski definition) is 1. The first-order chi connectivity index (χ1) is 8.22. The maximum Gasteiger partial charge on any atom is 0.120 e. The van der Waals surface area contributed by atoms with Gasteiger partial charge in [-0.3, -0.25) is 0 Å². The molecule has 0 spiro atoms. The molecule has 90 valence electrons. The van der Waals surface area contributed by atoms with Crippen LogP contribution in [0.25, 0.3) is 10.9 Å². The van der Waals surface area contributed by atoms with Crippen LogP contribution < -0.4 is 4.90 Å². The van der Waals surface area contributed by atoms with Crippen molar-refractivity contribution in [2.75, 3.05) is 24.7 Å². The van der Waals surface area contributed by atoms with Crippen LogP contribution in [0.15, 0.2) is 29.3 Å². The van der Waals surface area contributed by atoms with E-state index in [1.165, 1.54) is 16.0 Å². The molecular weight excluding hydrogens is 232 g/mol. The summed E-state index contributed by atoms with van der Waals surface area (Å²) in [6.07, 6.45) is 3.51. The van der Waals surface area contributed by atoms with Gasteiger partial charge in [-0.05, 0) is 18.2 Å². The Morgan fingerprint density at radius 2 is 2.24 bits per heavy atom. The Balaban J connectivity index is 2.35. The van der Waals surface area contributed by atoms with Crippen LogP contribution in [0.4, 0.5) is 5.69 Å². The number of nitrogens with one attached hydrogen (secondary N) is 1. The predicted molar refractivity (Wildman–Crippen MR) is 74.0 cm³/mol. The number of rotatable bonds is 5. The summed E-state index contributed by atoms with van der Waals surface area (Å²) in [5.41, 5.74) is 2.34. The van der Waals surface area contributed by atoms with E-state index >= 15 is 0 Å². The summed E-state index contributed by atoms with van der Waals surface area (Å²) in [7, 11) is 4.08. The van der Waals surface area contributed by atoms with Crippen molar-refractivity contribution in [1.82, 2.24) is 4.98 Å². The van der Waals surface area contributed by atoms with Crippen molar-refractivity contribution in [2.24, 2.45) is 0 Å². The molecule has 2 aromatic rings. The minimum absolute atomic E-state index is 0.598. The van der Waals surface area contributed by atoms with Gasteiger partial charge in [0.1, 0.15) is 6.29 Å². The van der Waals surface area contributed by atoms with Gasteiger partial charge < -0.3 is 14.7 Å². The predicted octanol–water partition coefficient (Wildman–Crippen LogP) is 2.92. The molecule has 17 heavy (non-hydrogen) atoms. The maximum absolute atomic E-state index is 10.4. The zero-order valence-electron chi connectivity index (χ0n) is 10.1. The monoisotopic (exact) mass is 248 g/mol.